The molecule has 0 aromatic carbocycles. The Balaban J connectivity index is 3.59. The molecule has 1 aromatic heterocycles. The predicted octanol–water partition coefficient (Wildman–Crippen LogP) is 0.976. The van der Waals surface area contributed by atoms with Crippen molar-refractivity contribution in [3.05, 3.63) is 16.8 Å². The minimum absolute atomic E-state index is 0.190. The summed E-state index contributed by atoms with van der Waals surface area (Å²) in [6, 6.07) is 3.83. The van der Waals surface area contributed by atoms with Gasteiger partial charge in [0, 0.05) is 6.21 Å². The van der Waals surface area contributed by atoms with Crippen molar-refractivity contribution in [1.82, 2.24) is 4.68 Å². The van der Waals surface area contributed by atoms with Crippen LogP contribution in [0, 0.1) is 29.6 Å². The van der Waals surface area contributed by atoms with E-state index in [1.165, 1.54) is 4.68 Å². The van der Waals surface area contributed by atoms with Crippen LogP contribution in [0.4, 0.5) is 5.82 Å². The lowest BCUT2D eigenvalue weighted by Crippen LogP contribution is -1.98. The van der Waals surface area contributed by atoms with Gasteiger partial charge in [-0.15, -0.1) is 0 Å². The van der Waals surface area contributed by atoms with Gasteiger partial charge >= 0.3 is 0 Å². The number of nitriles is 2. The fourth-order valence-electron chi connectivity index (χ4n) is 1.22. The Morgan fingerprint density at radius 3 is 2.29 bits per heavy atom. The first-order valence-electron chi connectivity index (χ1n) is 3.97. The molecule has 0 amide bonds. The second kappa shape index (κ2) is 3.63. The van der Waals surface area contributed by atoms with Crippen molar-refractivity contribution in [1.29, 1.82) is 10.5 Å². The average molecular weight is 187 g/mol. The SMILES string of the molecule is C/C=N\n1c(C)c(C#N)c(C#N)c1N. The third-order valence-corrected chi connectivity index (χ3v) is 1.87. The van der Waals surface area contributed by atoms with Gasteiger partial charge in [0.1, 0.15) is 23.5 Å². The Kier molecular flexibility index (Phi) is 2.54. The van der Waals surface area contributed by atoms with Gasteiger partial charge in [0.2, 0.25) is 0 Å². The highest BCUT2D eigenvalue weighted by Gasteiger charge is 2.17. The number of hydrogen-bond donors (Lipinski definition) is 1. The van der Waals surface area contributed by atoms with Crippen molar-refractivity contribution in [3.63, 3.8) is 0 Å². The van der Waals surface area contributed by atoms with E-state index in [-0.39, 0.29) is 16.9 Å². The molecule has 0 radical (unpaired) electrons. The van der Waals surface area contributed by atoms with Crippen LogP contribution in [0.1, 0.15) is 23.7 Å². The topological polar surface area (TPSA) is 90.9 Å². The molecule has 1 heterocycles. The first-order valence-corrected chi connectivity index (χ1v) is 3.97. The zero-order chi connectivity index (χ0) is 10.7. The van der Waals surface area contributed by atoms with Crippen molar-refractivity contribution in [2.45, 2.75) is 13.8 Å². The maximum absolute atomic E-state index is 8.81. The molecule has 1 aromatic rings. The Labute approximate surface area is 81.7 Å². The first-order chi connectivity index (χ1) is 6.67. The number of hydrogen-bond acceptors (Lipinski definition) is 4. The Morgan fingerprint density at radius 1 is 1.36 bits per heavy atom. The largest absolute Gasteiger partial charge is 0.383 e. The van der Waals surface area contributed by atoms with Crippen LogP contribution >= 0.6 is 0 Å². The summed E-state index contributed by atoms with van der Waals surface area (Å²) in [4.78, 5) is 0. The summed E-state index contributed by atoms with van der Waals surface area (Å²) < 4.78 is 1.39. The minimum Gasteiger partial charge on any atom is -0.383 e. The van der Waals surface area contributed by atoms with Gasteiger partial charge in [-0.05, 0) is 13.8 Å². The molecule has 2 N–H and O–H groups in total. The zero-order valence-corrected chi connectivity index (χ0v) is 7.94. The summed E-state index contributed by atoms with van der Waals surface area (Å²) in [5, 5.41) is 21.6. The molecule has 70 valence electrons. The summed E-state index contributed by atoms with van der Waals surface area (Å²) >= 11 is 0. The Bertz CT molecular complexity index is 429. The molecule has 0 saturated carbocycles. The number of anilines is 1. The molecule has 1 rings (SSSR count). The van der Waals surface area contributed by atoms with Gasteiger partial charge in [0.25, 0.3) is 0 Å². The van der Waals surface area contributed by atoms with Crippen molar-refractivity contribution in [2.24, 2.45) is 5.10 Å². The van der Waals surface area contributed by atoms with E-state index in [0.29, 0.717) is 5.69 Å². The van der Waals surface area contributed by atoms with E-state index < -0.39 is 0 Å². The minimum atomic E-state index is 0.190. The smallest absolute Gasteiger partial charge is 0.144 e. The standard InChI is InChI=1S/C9H9N5/c1-3-13-14-6(2)7(4-10)8(5-11)9(14)12/h3H,12H2,1-2H3/b13-3-. The van der Waals surface area contributed by atoms with Gasteiger partial charge in [-0.25, -0.2) is 4.68 Å². The van der Waals surface area contributed by atoms with Crippen molar-refractivity contribution in [3.8, 4) is 12.1 Å². The number of aromatic nitrogens is 1. The molecular weight excluding hydrogens is 178 g/mol. The highest BCUT2D eigenvalue weighted by Crippen LogP contribution is 2.22. The molecule has 14 heavy (non-hydrogen) atoms. The molecule has 0 unspecified atom stereocenters. The van der Waals surface area contributed by atoms with Gasteiger partial charge in [0.15, 0.2) is 0 Å². The van der Waals surface area contributed by atoms with Gasteiger partial charge in [0.05, 0.1) is 11.3 Å². The Hall–Kier alpha value is -2.27. The third kappa shape index (κ3) is 1.21. The number of nitrogens with two attached hydrogens (primary N) is 1. The molecule has 0 saturated heterocycles. The van der Waals surface area contributed by atoms with Gasteiger partial charge in [-0.3, -0.25) is 0 Å². The van der Waals surface area contributed by atoms with Crippen LogP contribution in [0.2, 0.25) is 0 Å². The van der Waals surface area contributed by atoms with Crippen molar-refractivity contribution in [2.75, 3.05) is 5.73 Å². The number of rotatable bonds is 1. The van der Waals surface area contributed by atoms with E-state index in [4.69, 9.17) is 16.3 Å². The van der Waals surface area contributed by atoms with E-state index in [1.807, 2.05) is 12.1 Å². The maximum atomic E-state index is 8.81. The fraction of sp³-hybridized carbons (Fsp3) is 0.222. The molecule has 0 aliphatic rings. The molecule has 0 aliphatic carbocycles. The van der Waals surface area contributed by atoms with Crippen LogP contribution in [0.15, 0.2) is 5.10 Å². The van der Waals surface area contributed by atoms with Crippen LogP contribution in [-0.4, -0.2) is 10.9 Å². The first kappa shape index (κ1) is 9.82. The van der Waals surface area contributed by atoms with Crippen molar-refractivity contribution >= 4 is 12.0 Å². The highest BCUT2D eigenvalue weighted by molar-refractivity contribution is 5.64. The number of nitrogen functional groups attached to an aromatic ring is 1. The molecule has 5 heteroatoms. The van der Waals surface area contributed by atoms with E-state index in [9.17, 15) is 0 Å². The van der Waals surface area contributed by atoms with Crippen molar-refractivity contribution < 1.29 is 0 Å². The molecule has 0 fully saturated rings. The molecule has 0 bridgehead atoms. The lowest BCUT2D eigenvalue weighted by atomic mass is 10.2. The third-order valence-electron chi connectivity index (χ3n) is 1.87. The van der Waals surface area contributed by atoms with Crippen LogP contribution in [-0.2, 0) is 0 Å². The van der Waals surface area contributed by atoms with Crippen LogP contribution in [0.3, 0.4) is 0 Å². The van der Waals surface area contributed by atoms with E-state index >= 15 is 0 Å². The van der Waals surface area contributed by atoms with Gasteiger partial charge in [-0.2, -0.15) is 15.6 Å². The van der Waals surface area contributed by atoms with Crippen LogP contribution in [0.25, 0.3) is 0 Å². The second-order valence-electron chi connectivity index (χ2n) is 2.63. The monoisotopic (exact) mass is 187 g/mol. The lowest BCUT2D eigenvalue weighted by molar-refractivity contribution is 0.862. The van der Waals surface area contributed by atoms with E-state index in [1.54, 1.807) is 20.1 Å². The Morgan fingerprint density at radius 2 is 1.93 bits per heavy atom. The maximum Gasteiger partial charge on any atom is 0.144 e. The quantitative estimate of drug-likeness (QED) is 0.664. The molecule has 5 nitrogen and oxygen atoms in total. The van der Waals surface area contributed by atoms with Gasteiger partial charge < -0.3 is 5.73 Å². The zero-order valence-electron chi connectivity index (χ0n) is 7.94. The molecule has 0 atom stereocenters. The molecule has 0 aliphatic heterocycles. The van der Waals surface area contributed by atoms with E-state index in [2.05, 4.69) is 5.10 Å². The summed E-state index contributed by atoms with van der Waals surface area (Å²) in [6.07, 6.45) is 1.55. The fourth-order valence-corrected chi connectivity index (χ4v) is 1.22. The van der Waals surface area contributed by atoms with Crippen LogP contribution in [0.5, 0.6) is 0 Å². The summed E-state index contributed by atoms with van der Waals surface area (Å²) in [5.74, 6) is 0.208. The van der Waals surface area contributed by atoms with Crippen LogP contribution < -0.4 is 5.73 Å². The molecule has 0 spiro atoms. The highest BCUT2D eigenvalue weighted by atomic mass is 15.4. The number of nitrogens with zero attached hydrogens (tertiary/aromatic N) is 4. The summed E-state index contributed by atoms with van der Waals surface area (Å²) in [5.41, 5.74) is 6.71. The average Bonchev–Trinajstić information content (AvgIpc) is 2.41. The van der Waals surface area contributed by atoms with E-state index in [0.717, 1.165) is 0 Å². The summed E-state index contributed by atoms with van der Waals surface area (Å²) in [6.45, 7) is 3.43. The lowest BCUT2D eigenvalue weighted by Gasteiger charge is -1.98. The normalized spacial score (nSPS) is 10.0. The second-order valence-corrected chi connectivity index (χ2v) is 2.63. The summed E-state index contributed by atoms with van der Waals surface area (Å²) in [7, 11) is 0. The predicted molar refractivity (Wildman–Crippen MR) is 52.6 cm³/mol. The van der Waals surface area contributed by atoms with Gasteiger partial charge in [-0.1, -0.05) is 0 Å². The molecular formula is C9H9N5.